The van der Waals surface area contributed by atoms with Crippen LogP contribution in [-0.2, 0) is 11.2 Å². The van der Waals surface area contributed by atoms with Gasteiger partial charge >= 0.3 is 0 Å². The number of nitrogens with zero attached hydrogens (tertiary/aromatic N) is 3. The SMILES string of the molecule is NC(COCCc1cc(F)ccc1F)=NC(=O)c1ccnnc1Cl. The molecule has 1 aromatic carbocycles. The second kappa shape index (κ2) is 8.42. The Labute approximate surface area is 141 Å². The molecule has 9 heteroatoms. The second-order valence-electron chi connectivity index (χ2n) is 4.68. The van der Waals surface area contributed by atoms with Crippen molar-refractivity contribution in [1.29, 1.82) is 0 Å². The van der Waals surface area contributed by atoms with E-state index in [2.05, 4.69) is 15.2 Å². The lowest BCUT2D eigenvalue weighted by atomic mass is 10.1. The molecular weight excluding hydrogens is 342 g/mol. The molecule has 2 N–H and O–H groups in total. The maximum atomic E-state index is 13.4. The Hall–Kier alpha value is -2.45. The van der Waals surface area contributed by atoms with Crippen LogP contribution >= 0.6 is 11.6 Å². The molecule has 126 valence electrons. The normalized spacial score (nSPS) is 11.5. The number of aliphatic imine (C=N–C) groups is 1. The van der Waals surface area contributed by atoms with Crippen molar-refractivity contribution >= 4 is 23.3 Å². The summed E-state index contributed by atoms with van der Waals surface area (Å²) in [5.41, 5.74) is 5.84. The van der Waals surface area contributed by atoms with Crippen molar-refractivity contribution in [3.05, 3.63) is 58.4 Å². The van der Waals surface area contributed by atoms with Crippen LogP contribution in [0.1, 0.15) is 15.9 Å². The lowest BCUT2D eigenvalue weighted by Crippen LogP contribution is -2.22. The summed E-state index contributed by atoms with van der Waals surface area (Å²) in [7, 11) is 0. The van der Waals surface area contributed by atoms with Gasteiger partial charge in [-0.3, -0.25) is 4.79 Å². The van der Waals surface area contributed by atoms with E-state index in [1.807, 2.05) is 0 Å². The summed E-state index contributed by atoms with van der Waals surface area (Å²) in [6, 6.07) is 4.54. The molecule has 1 amide bonds. The fourth-order valence-electron chi connectivity index (χ4n) is 1.79. The third-order valence-electron chi connectivity index (χ3n) is 2.92. The predicted octanol–water partition coefficient (Wildman–Crippen LogP) is 2.16. The molecule has 0 bridgehead atoms. The van der Waals surface area contributed by atoms with Crippen LogP contribution in [0.15, 0.2) is 35.5 Å². The first kappa shape index (κ1) is 17.9. The van der Waals surface area contributed by atoms with E-state index in [-0.39, 0.29) is 41.8 Å². The number of amidine groups is 1. The Kier molecular flexibility index (Phi) is 6.28. The standard InChI is InChI=1S/C15H13ClF2N4O2/c16-14-11(3-5-20-22-14)15(23)21-13(19)8-24-6-4-9-7-10(17)1-2-12(9)18/h1-3,5,7H,4,6,8H2,(H2,19,21,23). The van der Waals surface area contributed by atoms with Crippen molar-refractivity contribution in [3.8, 4) is 0 Å². The number of rotatable bonds is 6. The number of carbonyl (C=O) groups excluding carboxylic acids is 1. The van der Waals surface area contributed by atoms with E-state index in [9.17, 15) is 13.6 Å². The largest absolute Gasteiger partial charge is 0.385 e. The molecule has 2 rings (SSSR count). The zero-order chi connectivity index (χ0) is 17.5. The van der Waals surface area contributed by atoms with Crippen LogP contribution in [0.25, 0.3) is 0 Å². The lowest BCUT2D eigenvalue weighted by molar-refractivity contribution is 0.1000. The van der Waals surface area contributed by atoms with E-state index < -0.39 is 17.5 Å². The summed E-state index contributed by atoms with van der Waals surface area (Å²) >= 11 is 5.72. The molecule has 0 spiro atoms. The van der Waals surface area contributed by atoms with Crippen LogP contribution in [0.2, 0.25) is 5.15 Å². The summed E-state index contributed by atoms with van der Waals surface area (Å²) in [6.45, 7) is -0.0544. The van der Waals surface area contributed by atoms with Crippen LogP contribution in [0.5, 0.6) is 0 Å². The molecule has 0 saturated carbocycles. The fraction of sp³-hybridized carbons (Fsp3) is 0.200. The van der Waals surface area contributed by atoms with Crippen molar-refractivity contribution in [2.45, 2.75) is 6.42 Å². The monoisotopic (exact) mass is 354 g/mol. The first-order valence-corrected chi connectivity index (χ1v) is 7.21. The highest BCUT2D eigenvalue weighted by Gasteiger charge is 2.11. The van der Waals surface area contributed by atoms with Gasteiger partial charge < -0.3 is 10.5 Å². The average Bonchev–Trinajstić information content (AvgIpc) is 2.55. The van der Waals surface area contributed by atoms with Gasteiger partial charge in [-0.05, 0) is 36.2 Å². The zero-order valence-corrected chi connectivity index (χ0v) is 13.1. The zero-order valence-electron chi connectivity index (χ0n) is 12.4. The van der Waals surface area contributed by atoms with Gasteiger partial charge in [0, 0.05) is 0 Å². The van der Waals surface area contributed by atoms with Crippen molar-refractivity contribution in [2.75, 3.05) is 13.2 Å². The predicted molar refractivity (Wildman–Crippen MR) is 83.9 cm³/mol. The first-order valence-electron chi connectivity index (χ1n) is 6.83. The number of hydrogen-bond donors (Lipinski definition) is 1. The fourth-order valence-corrected chi connectivity index (χ4v) is 1.98. The highest BCUT2D eigenvalue weighted by atomic mass is 35.5. The Morgan fingerprint density at radius 1 is 1.33 bits per heavy atom. The van der Waals surface area contributed by atoms with Gasteiger partial charge in [0.05, 0.1) is 18.4 Å². The number of benzene rings is 1. The van der Waals surface area contributed by atoms with Gasteiger partial charge in [0.25, 0.3) is 5.91 Å². The topological polar surface area (TPSA) is 90.5 Å². The van der Waals surface area contributed by atoms with Crippen molar-refractivity contribution in [3.63, 3.8) is 0 Å². The summed E-state index contributed by atoms with van der Waals surface area (Å²) in [4.78, 5) is 15.5. The third-order valence-corrected chi connectivity index (χ3v) is 3.20. The molecule has 0 atom stereocenters. The van der Waals surface area contributed by atoms with Gasteiger partial charge in [-0.1, -0.05) is 11.6 Å². The molecular formula is C15H13ClF2N4O2. The molecule has 1 heterocycles. The molecule has 1 aromatic heterocycles. The van der Waals surface area contributed by atoms with Gasteiger partial charge in [0.15, 0.2) is 5.15 Å². The van der Waals surface area contributed by atoms with Gasteiger partial charge in [-0.25, -0.2) is 8.78 Å². The summed E-state index contributed by atoms with van der Waals surface area (Å²) in [6.07, 6.45) is 1.46. The minimum atomic E-state index is -0.674. The van der Waals surface area contributed by atoms with Gasteiger partial charge in [-0.15, -0.1) is 5.10 Å². The Morgan fingerprint density at radius 2 is 2.12 bits per heavy atom. The van der Waals surface area contributed by atoms with Crippen LogP contribution < -0.4 is 5.73 Å². The van der Waals surface area contributed by atoms with E-state index in [0.29, 0.717) is 0 Å². The van der Waals surface area contributed by atoms with Crippen molar-refractivity contribution in [1.82, 2.24) is 10.2 Å². The number of amides is 1. The summed E-state index contributed by atoms with van der Waals surface area (Å²) in [5.74, 6) is -1.79. The number of ether oxygens (including phenoxy) is 1. The van der Waals surface area contributed by atoms with Gasteiger partial charge in [0.2, 0.25) is 0 Å². The highest BCUT2D eigenvalue weighted by Crippen LogP contribution is 2.12. The van der Waals surface area contributed by atoms with E-state index in [4.69, 9.17) is 22.1 Å². The summed E-state index contributed by atoms with van der Waals surface area (Å²) in [5, 5.41) is 6.95. The van der Waals surface area contributed by atoms with Crippen LogP contribution in [0.3, 0.4) is 0 Å². The molecule has 2 aromatic rings. The average molecular weight is 355 g/mol. The number of nitrogens with two attached hydrogens (primary N) is 1. The molecule has 6 nitrogen and oxygen atoms in total. The molecule has 0 unspecified atom stereocenters. The highest BCUT2D eigenvalue weighted by molar-refractivity contribution is 6.32. The van der Waals surface area contributed by atoms with Gasteiger partial charge in [-0.2, -0.15) is 10.1 Å². The Morgan fingerprint density at radius 3 is 2.88 bits per heavy atom. The first-order chi connectivity index (χ1) is 11.5. The molecule has 0 saturated heterocycles. The minimum Gasteiger partial charge on any atom is -0.385 e. The number of aromatic nitrogens is 2. The van der Waals surface area contributed by atoms with Crippen LogP contribution in [0, 0.1) is 11.6 Å². The lowest BCUT2D eigenvalue weighted by Gasteiger charge is -2.05. The number of halogens is 3. The number of hydrogen-bond acceptors (Lipinski definition) is 4. The Bertz CT molecular complexity index is 771. The molecule has 0 fully saturated rings. The quantitative estimate of drug-likeness (QED) is 0.487. The number of carbonyl (C=O) groups is 1. The maximum Gasteiger partial charge on any atom is 0.281 e. The Balaban J connectivity index is 1.84. The van der Waals surface area contributed by atoms with E-state index in [0.717, 1.165) is 18.2 Å². The minimum absolute atomic E-state index is 0.0662. The molecule has 24 heavy (non-hydrogen) atoms. The van der Waals surface area contributed by atoms with Crippen LogP contribution in [-0.4, -0.2) is 35.2 Å². The van der Waals surface area contributed by atoms with Crippen molar-refractivity contribution in [2.24, 2.45) is 10.7 Å². The molecule has 0 radical (unpaired) electrons. The van der Waals surface area contributed by atoms with E-state index >= 15 is 0 Å². The molecule has 0 aliphatic heterocycles. The maximum absolute atomic E-state index is 13.4. The smallest absolute Gasteiger partial charge is 0.281 e. The van der Waals surface area contributed by atoms with E-state index in [1.54, 1.807) is 0 Å². The third kappa shape index (κ3) is 5.04. The van der Waals surface area contributed by atoms with E-state index in [1.165, 1.54) is 12.3 Å². The van der Waals surface area contributed by atoms with Crippen LogP contribution in [0.4, 0.5) is 8.78 Å². The second-order valence-corrected chi connectivity index (χ2v) is 5.04. The summed E-state index contributed by atoms with van der Waals surface area (Å²) < 4.78 is 31.6. The van der Waals surface area contributed by atoms with Gasteiger partial charge in [0.1, 0.15) is 24.1 Å². The molecule has 0 aliphatic carbocycles. The molecule has 0 aliphatic rings. The van der Waals surface area contributed by atoms with Crippen molar-refractivity contribution < 1.29 is 18.3 Å².